The number of phenols is 1. The third-order valence-corrected chi connectivity index (χ3v) is 3.27. The second-order valence-corrected chi connectivity index (χ2v) is 4.87. The largest absolute Gasteiger partial charge is 0.508 e. The Hall–Kier alpha value is -2.74. The Morgan fingerprint density at radius 2 is 1.38 bits per heavy atom. The fourth-order valence-electron chi connectivity index (χ4n) is 2.20. The summed E-state index contributed by atoms with van der Waals surface area (Å²) in [7, 11) is 0. The number of ether oxygens (including phenoxy) is 1. The van der Waals surface area contributed by atoms with Crippen LogP contribution in [-0.2, 0) is 6.42 Å². The molecule has 21 heavy (non-hydrogen) atoms. The zero-order valence-electron chi connectivity index (χ0n) is 11.6. The van der Waals surface area contributed by atoms with Crippen molar-refractivity contribution in [3.63, 3.8) is 0 Å². The molecule has 0 aliphatic heterocycles. The first-order valence-corrected chi connectivity index (χ1v) is 6.90. The van der Waals surface area contributed by atoms with E-state index in [2.05, 4.69) is 0 Å². The number of benzene rings is 3. The average molecular weight is 276 g/mol. The van der Waals surface area contributed by atoms with E-state index in [0.717, 1.165) is 11.3 Å². The van der Waals surface area contributed by atoms with Gasteiger partial charge in [-0.25, -0.2) is 0 Å². The van der Waals surface area contributed by atoms with Gasteiger partial charge in [0.2, 0.25) is 0 Å². The first-order chi connectivity index (χ1) is 10.3. The van der Waals surface area contributed by atoms with Crippen LogP contribution in [-0.4, -0.2) is 5.11 Å². The lowest BCUT2D eigenvalue weighted by molar-refractivity contribution is 0.451. The van der Waals surface area contributed by atoms with Gasteiger partial charge in [-0.05, 0) is 29.3 Å². The highest BCUT2D eigenvalue weighted by Crippen LogP contribution is 2.28. The molecule has 0 saturated heterocycles. The molecule has 0 aliphatic carbocycles. The quantitative estimate of drug-likeness (QED) is 0.743. The van der Waals surface area contributed by atoms with Crippen LogP contribution in [0.3, 0.4) is 0 Å². The van der Waals surface area contributed by atoms with Gasteiger partial charge in [0.25, 0.3) is 0 Å². The fourth-order valence-corrected chi connectivity index (χ4v) is 2.20. The minimum Gasteiger partial charge on any atom is -0.508 e. The molecule has 3 aromatic carbocycles. The molecule has 0 unspecified atom stereocenters. The number of hydrogen-bond acceptors (Lipinski definition) is 2. The summed E-state index contributed by atoms with van der Waals surface area (Å²) in [6, 6.07) is 25.1. The topological polar surface area (TPSA) is 29.5 Å². The van der Waals surface area contributed by atoms with Gasteiger partial charge in [-0.1, -0.05) is 54.6 Å². The number of rotatable bonds is 4. The maximum Gasteiger partial charge on any atom is 0.131 e. The second kappa shape index (κ2) is 6.14. The monoisotopic (exact) mass is 276 g/mol. The van der Waals surface area contributed by atoms with Gasteiger partial charge >= 0.3 is 0 Å². The molecule has 0 amide bonds. The predicted molar refractivity (Wildman–Crippen MR) is 83.9 cm³/mol. The van der Waals surface area contributed by atoms with Crippen molar-refractivity contribution in [1.82, 2.24) is 0 Å². The van der Waals surface area contributed by atoms with Crippen LogP contribution in [0.1, 0.15) is 11.1 Å². The molecular formula is C19H16O2. The molecule has 2 heteroatoms. The van der Waals surface area contributed by atoms with Crippen LogP contribution in [0.15, 0.2) is 78.9 Å². The summed E-state index contributed by atoms with van der Waals surface area (Å²) in [6.07, 6.45) is 0.707. The van der Waals surface area contributed by atoms with Gasteiger partial charge in [-0.15, -0.1) is 0 Å². The summed E-state index contributed by atoms with van der Waals surface area (Å²) in [4.78, 5) is 0. The standard InChI is InChI=1S/C19H16O2/c20-19-14-18(21-17-9-5-2-6-10-17)12-11-16(19)13-15-7-3-1-4-8-15/h1-12,14,20H,13H2. The van der Waals surface area contributed by atoms with Crippen molar-refractivity contribution < 1.29 is 9.84 Å². The number of phenolic OH excluding ortho intramolecular Hbond substituents is 1. The van der Waals surface area contributed by atoms with Crippen LogP contribution in [0, 0.1) is 0 Å². The SMILES string of the molecule is Oc1cc(Oc2ccccc2)ccc1Cc1ccccc1. The van der Waals surface area contributed by atoms with Crippen molar-refractivity contribution in [2.45, 2.75) is 6.42 Å². The molecule has 0 fully saturated rings. The summed E-state index contributed by atoms with van der Waals surface area (Å²) in [5, 5.41) is 10.2. The molecule has 0 saturated carbocycles. The Balaban J connectivity index is 1.77. The lowest BCUT2D eigenvalue weighted by Crippen LogP contribution is -1.90. The highest BCUT2D eigenvalue weighted by atomic mass is 16.5. The molecule has 0 aliphatic rings. The lowest BCUT2D eigenvalue weighted by atomic mass is 10.0. The highest BCUT2D eigenvalue weighted by molar-refractivity contribution is 5.43. The Labute approximate surface area is 124 Å². The van der Waals surface area contributed by atoms with Crippen LogP contribution >= 0.6 is 0 Å². The summed E-state index contributed by atoms with van der Waals surface area (Å²) >= 11 is 0. The minimum absolute atomic E-state index is 0.257. The Morgan fingerprint density at radius 1 is 0.714 bits per heavy atom. The molecule has 1 N–H and O–H groups in total. The van der Waals surface area contributed by atoms with Crippen molar-refractivity contribution in [1.29, 1.82) is 0 Å². The molecule has 0 atom stereocenters. The minimum atomic E-state index is 0.257. The normalized spacial score (nSPS) is 10.3. The highest BCUT2D eigenvalue weighted by Gasteiger charge is 2.05. The maximum absolute atomic E-state index is 10.2. The molecule has 3 rings (SSSR count). The van der Waals surface area contributed by atoms with Crippen LogP contribution in [0.2, 0.25) is 0 Å². The molecule has 104 valence electrons. The van der Waals surface area contributed by atoms with E-state index in [4.69, 9.17) is 4.74 Å². The summed E-state index contributed by atoms with van der Waals surface area (Å²) in [5.74, 6) is 1.65. The molecule has 0 heterocycles. The molecular weight excluding hydrogens is 260 g/mol. The van der Waals surface area contributed by atoms with Gasteiger partial charge in [0, 0.05) is 12.5 Å². The second-order valence-electron chi connectivity index (χ2n) is 4.87. The van der Waals surface area contributed by atoms with E-state index in [1.54, 1.807) is 6.07 Å². The van der Waals surface area contributed by atoms with Crippen molar-refractivity contribution in [3.05, 3.63) is 90.0 Å². The summed E-state index contributed by atoms with van der Waals surface area (Å²) in [6.45, 7) is 0. The number of para-hydroxylation sites is 1. The van der Waals surface area contributed by atoms with E-state index in [1.807, 2.05) is 72.8 Å². The molecule has 0 spiro atoms. The Morgan fingerprint density at radius 3 is 2.05 bits per heavy atom. The first-order valence-electron chi connectivity index (χ1n) is 6.90. The fraction of sp³-hybridized carbons (Fsp3) is 0.0526. The van der Waals surface area contributed by atoms with Gasteiger partial charge < -0.3 is 9.84 Å². The van der Waals surface area contributed by atoms with E-state index in [0.29, 0.717) is 12.2 Å². The number of hydrogen-bond donors (Lipinski definition) is 1. The van der Waals surface area contributed by atoms with Gasteiger partial charge in [0.05, 0.1) is 0 Å². The van der Waals surface area contributed by atoms with Crippen LogP contribution < -0.4 is 4.74 Å². The molecule has 0 aromatic heterocycles. The smallest absolute Gasteiger partial charge is 0.131 e. The third-order valence-electron chi connectivity index (χ3n) is 3.27. The van der Waals surface area contributed by atoms with Crippen molar-refractivity contribution in [3.8, 4) is 17.2 Å². The molecule has 3 aromatic rings. The van der Waals surface area contributed by atoms with Gasteiger partial charge in [-0.2, -0.15) is 0 Å². The zero-order valence-corrected chi connectivity index (χ0v) is 11.6. The van der Waals surface area contributed by atoms with E-state index in [1.165, 1.54) is 5.56 Å². The van der Waals surface area contributed by atoms with Crippen LogP contribution in [0.4, 0.5) is 0 Å². The van der Waals surface area contributed by atoms with Crippen molar-refractivity contribution in [2.75, 3.05) is 0 Å². The van der Waals surface area contributed by atoms with Crippen molar-refractivity contribution >= 4 is 0 Å². The van der Waals surface area contributed by atoms with Gasteiger partial charge in [0.15, 0.2) is 0 Å². The Kier molecular flexibility index (Phi) is 3.88. The number of aromatic hydroxyl groups is 1. The van der Waals surface area contributed by atoms with Gasteiger partial charge in [0.1, 0.15) is 17.2 Å². The summed E-state index contributed by atoms with van der Waals surface area (Å²) < 4.78 is 5.70. The predicted octanol–water partition coefficient (Wildman–Crippen LogP) is 4.78. The Bertz CT molecular complexity index is 706. The first kappa shape index (κ1) is 13.3. The van der Waals surface area contributed by atoms with Crippen LogP contribution in [0.5, 0.6) is 17.2 Å². The van der Waals surface area contributed by atoms with E-state index in [9.17, 15) is 5.11 Å². The van der Waals surface area contributed by atoms with Gasteiger partial charge in [-0.3, -0.25) is 0 Å². The average Bonchev–Trinajstić information content (AvgIpc) is 2.52. The zero-order chi connectivity index (χ0) is 14.5. The lowest BCUT2D eigenvalue weighted by Gasteiger charge is -2.09. The molecule has 2 nitrogen and oxygen atoms in total. The van der Waals surface area contributed by atoms with E-state index < -0.39 is 0 Å². The van der Waals surface area contributed by atoms with Crippen LogP contribution in [0.25, 0.3) is 0 Å². The molecule has 0 radical (unpaired) electrons. The molecule has 0 bridgehead atoms. The maximum atomic E-state index is 10.2. The van der Waals surface area contributed by atoms with Crippen molar-refractivity contribution in [2.24, 2.45) is 0 Å². The van der Waals surface area contributed by atoms with E-state index in [-0.39, 0.29) is 5.75 Å². The third kappa shape index (κ3) is 3.42. The summed E-state index contributed by atoms with van der Waals surface area (Å²) in [5.41, 5.74) is 2.06. The van der Waals surface area contributed by atoms with E-state index >= 15 is 0 Å².